The van der Waals surface area contributed by atoms with E-state index in [0.29, 0.717) is 5.78 Å². The van der Waals surface area contributed by atoms with Gasteiger partial charge in [0, 0.05) is 18.4 Å². The lowest BCUT2D eigenvalue weighted by atomic mass is 9.94. The van der Waals surface area contributed by atoms with Gasteiger partial charge < -0.3 is 10.4 Å². The van der Waals surface area contributed by atoms with Gasteiger partial charge in [-0.05, 0) is 44.2 Å². The molecule has 0 bridgehead atoms. The standard InChI is InChI=1S/C18H25NO3/c1-12(11-20)19-18(22)13(2)15-8-6-14(7-9-15)10-16-4-3-5-17(16)21/h6-9,12-13,16,20H,3-5,10-11H2,1-2H3,(H,19,22)/t12-,13+,16-/m1/s1. The van der Waals surface area contributed by atoms with E-state index in [2.05, 4.69) is 5.32 Å². The summed E-state index contributed by atoms with van der Waals surface area (Å²) < 4.78 is 0. The summed E-state index contributed by atoms with van der Waals surface area (Å²) in [7, 11) is 0. The minimum atomic E-state index is -0.254. The van der Waals surface area contributed by atoms with Gasteiger partial charge in [-0.1, -0.05) is 24.3 Å². The molecule has 22 heavy (non-hydrogen) atoms. The zero-order valence-electron chi connectivity index (χ0n) is 13.3. The number of hydrogen-bond acceptors (Lipinski definition) is 3. The average Bonchev–Trinajstić information content (AvgIpc) is 2.92. The van der Waals surface area contributed by atoms with Gasteiger partial charge in [0.1, 0.15) is 5.78 Å². The van der Waals surface area contributed by atoms with E-state index < -0.39 is 0 Å². The van der Waals surface area contributed by atoms with Gasteiger partial charge in [0.25, 0.3) is 0 Å². The third kappa shape index (κ3) is 4.17. The molecule has 0 aromatic heterocycles. The van der Waals surface area contributed by atoms with Crippen molar-refractivity contribution in [1.82, 2.24) is 5.32 Å². The summed E-state index contributed by atoms with van der Waals surface area (Å²) in [6, 6.07) is 7.72. The van der Waals surface area contributed by atoms with E-state index in [1.165, 1.54) is 0 Å². The van der Waals surface area contributed by atoms with Gasteiger partial charge in [0.15, 0.2) is 0 Å². The van der Waals surface area contributed by atoms with Crippen LogP contribution in [0.5, 0.6) is 0 Å². The summed E-state index contributed by atoms with van der Waals surface area (Å²) in [6.45, 7) is 3.56. The maximum Gasteiger partial charge on any atom is 0.227 e. The molecule has 2 N–H and O–H groups in total. The first-order chi connectivity index (χ1) is 10.5. The molecule has 0 unspecified atom stereocenters. The van der Waals surface area contributed by atoms with Crippen LogP contribution >= 0.6 is 0 Å². The molecule has 1 fully saturated rings. The van der Waals surface area contributed by atoms with Gasteiger partial charge >= 0.3 is 0 Å². The molecule has 4 heteroatoms. The lowest BCUT2D eigenvalue weighted by molar-refractivity contribution is -0.123. The van der Waals surface area contributed by atoms with Crippen molar-refractivity contribution in [2.45, 2.75) is 51.5 Å². The van der Waals surface area contributed by atoms with Gasteiger partial charge in [0.05, 0.1) is 12.5 Å². The Morgan fingerprint density at radius 3 is 2.55 bits per heavy atom. The third-order valence-electron chi connectivity index (χ3n) is 4.45. The predicted molar refractivity (Wildman–Crippen MR) is 85.6 cm³/mol. The molecule has 0 aliphatic heterocycles. The fraction of sp³-hybridized carbons (Fsp3) is 0.556. The van der Waals surface area contributed by atoms with E-state index in [0.717, 1.165) is 36.8 Å². The first-order valence-electron chi connectivity index (χ1n) is 8.04. The first kappa shape index (κ1) is 16.7. The van der Waals surface area contributed by atoms with Crippen LogP contribution in [0.25, 0.3) is 0 Å². The number of nitrogens with one attached hydrogen (secondary N) is 1. The van der Waals surface area contributed by atoms with Crippen molar-refractivity contribution in [1.29, 1.82) is 0 Å². The van der Waals surface area contributed by atoms with Gasteiger partial charge in [-0.25, -0.2) is 0 Å². The van der Waals surface area contributed by atoms with Crippen LogP contribution < -0.4 is 5.32 Å². The molecule has 2 rings (SSSR count). The van der Waals surface area contributed by atoms with E-state index >= 15 is 0 Å². The monoisotopic (exact) mass is 303 g/mol. The number of amides is 1. The van der Waals surface area contributed by atoms with Crippen LogP contribution in [0.2, 0.25) is 0 Å². The molecule has 120 valence electrons. The molecule has 1 aliphatic rings. The number of aliphatic hydroxyl groups excluding tert-OH is 1. The number of ketones is 1. The van der Waals surface area contributed by atoms with Crippen LogP contribution in [0.15, 0.2) is 24.3 Å². The van der Waals surface area contributed by atoms with Crippen molar-refractivity contribution in [3.63, 3.8) is 0 Å². The molecule has 3 atom stereocenters. The summed E-state index contributed by atoms with van der Waals surface area (Å²) in [5, 5.41) is 11.8. The van der Waals surface area contributed by atoms with E-state index in [1.54, 1.807) is 6.92 Å². The minimum absolute atomic E-state index is 0.0627. The minimum Gasteiger partial charge on any atom is -0.394 e. The van der Waals surface area contributed by atoms with E-state index in [-0.39, 0.29) is 30.4 Å². The fourth-order valence-electron chi connectivity index (χ4n) is 2.90. The second-order valence-electron chi connectivity index (χ2n) is 6.32. The molecule has 1 amide bonds. The molecule has 0 saturated heterocycles. The van der Waals surface area contributed by atoms with Crippen LogP contribution in [-0.2, 0) is 16.0 Å². The fourth-order valence-corrected chi connectivity index (χ4v) is 2.90. The first-order valence-corrected chi connectivity index (χ1v) is 8.04. The molecule has 1 aromatic rings. The molecular formula is C18H25NO3. The molecule has 0 spiro atoms. The summed E-state index contributed by atoms with van der Waals surface area (Å²) in [5.74, 6) is 0.225. The lowest BCUT2D eigenvalue weighted by Crippen LogP contribution is -2.37. The molecule has 1 aliphatic carbocycles. The highest BCUT2D eigenvalue weighted by Crippen LogP contribution is 2.25. The highest BCUT2D eigenvalue weighted by atomic mass is 16.3. The topological polar surface area (TPSA) is 66.4 Å². The zero-order chi connectivity index (χ0) is 16.1. The van der Waals surface area contributed by atoms with E-state index in [4.69, 9.17) is 5.11 Å². The Morgan fingerprint density at radius 2 is 2.00 bits per heavy atom. The molecule has 0 heterocycles. The van der Waals surface area contributed by atoms with Crippen LogP contribution in [-0.4, -0.2) is 29.4 Å². The molecular weight excluding hydrogens is 278 g/mol. The Kier molecular flexibility index (Phi) is 5.72. The van der Waals surface area contributed by atoms with Gasteiger partial charge in [-0.3, -0.25) is 9.59 Å². The summed E-state index contributed by atoms with van der Waals surface area (Å²) in [5.41, 5.74) is 2.10. The summed E-state index contributed by atoms with van der Waals surface area (Å²) >= 11 is 0. The molecule has 1 saturated carbocycles. The van der Waals surface area contributed by atoms with Crippen LogP contribution in [0, 0.1) is 5.92 Å². The average molecular weight is 303 g/mol. The van der Waals surface area contributed by atoms with Gasteiger partial charge in [0.2, 0.25) is 5.91 Å². The van der Waals surface area contributed by atoms with Crippen molar-refractivity contribution in [2.75, 3.05) is 6.61 Å². The van der Waals surface area contributed by atoms with Crippen LogP contribution in [0.3, 0.4) is 0 Å². The van der Waals surface area contributed by atoms with Crippen molar-refractivity contribution in [3.8, 4) is 0 Å². The normalized spacial score (nSPS) is 20.7. The highest BCUT2D eigenvalue weighted by Gasteiger charge is 2.24. The van der Waals surface area contributed by atoms with E-state index in [9.17, 15) is 9.59 Å². The van der Waals surface area contributed by atoms with Crippen LogP contribution in [0.1, 0.15) is 50.2 Å². The highest BCUT2D eigenvalue weighted by molar-refractivity contribution is 5.84. The number of Topliss-reactive ketones (excluding diaryl/α,β-unsaturated/α-hetero) is 1. The third-order valence-corrected chi connectivity index (χ3v) is 4.45. The Balaban J connectivity index is 1.96. The lowest BCUT2D eigenvalue weighted by Gasteiger charge is -2.16. The quantitative estimate of drug-likeness (QED) is 0.846. The Morgan fingerprint density at radius 1 is 1.32 bits per heavy atom. The smallest absolute Gasteiger partial charge is 0.227 e. The zero-order valence-corrected chi connectivity index (χ0v) is 13.3. The molecule has 0 radical (unpaired) electrons. The number of hydrogen-bond donors (Lipinski definition) is 2. The van der Waals surface area contributed by atoms with Crippen molar-refractivity contribution in [3.05, 3.63) is 35.4 Å². The Bertz CT molecular complexity index is 524. The van der Waals surface area contributed by atoms with Gasteiger partial charge in [-0.2, -0.15) is 0 Å². The van der Waals surface area contributed by atoms with Gasteiger partial charge in [-0.15, -0.1) is 0 Å². The summed E-state index contributed by atoms with van der Waals surface area (Å²) in [6.07, 6.45) is 3.55. The molecule has 4 nitrogen and oxygen atoms in total. The number of benzene rings is 1. The van der Waals surface area contributed by atoms with E-state index in [1.807, 2.05) is 31.2 Å². The second kappa shape index (κ2) is 7.54. The predicted octanol–water partition coefficient (Wildman–Crippen LogP) is 2.20. The van der Waals surface area contributed by atoms with Crippen molar-refractivity contribution in [2.24, 2.45) is 5.92 Å². The maximum absolute atomic E-state index is 12.1. The maximum atomic E-state index is 12.1. The SMILES string of the molecule is C[C@H](CO)NC(=O)[C@@H](C)c1ccc(C[C@H]2CCCC2=O)cc1. The summed E-state index contributed by atoms with van der Waals surface area (Å²) in [4.78, 5) is 23.8. The largest absolute Gasteiger partial charge is 0.394 e. The number of aliphatic hydroxyl groups is 1. The number of rotatable bonds is 6. The van der Waals surface area contributed by atoms with Crippen molar-refractivity contribution >= 4 is 11.7 Å². The Hall–Kier alpha value is -1.68. The van der Waals surface area contributed by atoms with Crippen molar-refractivity contribution < 1.29 is 14.7 Å². The van der Waals surface area contributed by atoms with Crippen LogP contribution in [0.4, 0.5) is 0 Å². The molecule has 1 aromatic carbocycles. The number of carbonyl (C=O) groups excluding carboxylic acids is 2. The Labute approximate surface area is 131 Å². The number of carbonyl (C=O) groups is 2. The second-order valence-corrected chi connectivity index (χ2v) is 6.32.